The van der Waals surface area contributed by atoms with E-state index in [1.54, 1.807) is 31.4 Å². The molecular formula is C19H24N2O4S. The summed E-state index contributed by atoms with van der Waals surface area (Å²) >= 11 is 0. The number of carbonyl (C=O) groups excluding carboxylic acids is 1. The van der Waals surface area contributed by atoms with E-state index >= 15 is 0 Å². The summed E-state index contributed by atoms with van der Waals surface area (Å²) in [5.41, 5.74) is 3.35. The molecule has 2 rings (SSSR count). The van der Waals surface area contributed by atoms with Gasteiger partial charge in [0.1, 0.15) is 5.75 Å². The number of methoxy groups -OCH3 is 1. The van der Waals surface area contributed by atoms with Gasteiger partial charge < -0.3 is 10.1 Å². The van der Waals surface area contributed by atoms with E-state index in [-0.39, 0.29) is 12.3 Å². The number of carbonyl (C=O) groups is 1. The number of benzene rings is 2. The van der Waals surface area contributed by atoms with Gasteiger partial charge in [0.05, 0.1) is 19.4 Å². The van der Waals surface area contributed by atoms with Crippen molar-refractivity contribution in [3.05, 3.63) is 59.2 Å². The van der Waals surface area contributed by atoms with Crippen LogP contribution >= 0.6 is 0 Å². The average Bonchev–Trinajstić information content (AvgIpc) is 2.56. The first-order chi connectivity index (χ1) is 12.2. The smallest absolute Gasteiger partial charge is 0.226 e. The number of nitrogens with one attached hydrogen (secondary N) is 2. The Labute approximate surface area is 154 Å². The molecule has 1 atom stereocenters. The highest BCUT2D eigenvalue weighted by molar-refractivity contribution is 7.88. The third-order valence-corrected chi connectivity index (χ3v) is 4.72. The number of sulfonamides is 1. The van der Waals surface area contributed by atoms with Crippen molar-refractivity contribution in [2.75, 3.05) is 18.7 Å². The van der Waals surface area contributed by atoms with Crippen LogP contribution in [0.3, 0.4) is 0 Å². The molecule has 26 heavy (non-hydrogen) atoms. The summed E-state index contributed by atoms with van der Waals surface area (Å²) in [6, 6.07) is 12.0. The van der Waals surface area contributed by atoms with Crippen LogP contribution in [0.2, 0.25) is 0 Å². The second-order valence-electron chi connectivity index (χ2n) is 6.23. The van der Waals surface area contributed by atoms with Crippen LogP contribution in [-0.2, 0) is 14.8 Å². The molecule has 2 aromatic rings. The van der Waals surface area contributed by atoms with E-state index in [0.717, 1.165) is 23.1 Å². The molecule has 0 heterocycles. The highest BCUT2D eigenvalue weighted by atomic mass is 32.2. The van der Waals surface area contributed by atoms with Crippen molar-refractivity contribution in [3.63, 3.8) is 0 Å². The lowest BCUT2D eigenvalue weighted by Gasteiger charge is -2.19. The fourth-order valence-electron chi connectivity index (χ4n) is 2.71. The Kier molecular flexibility index (Phi) is 6.39. The van der Waals surface area contributed by atoms with Gasteiger partial charge in [-0.15, -0.1) is 0 Å². The van der Waals surface area contributed by atoms with Crippen molar-refractivity contribution < 1.29 is 17.9 Å². The summed E-state index contributed by atoms with van der Waals surface area (Å²) < 4.78 is 31.1. The predicted octanol–water partition coefficient (Wildman–Crippen LogP) is 2.93. The van der Waals surface area contributed by atoms with Crippen molar-refractivity contribution in [1.82, 2.24) is 4.72 Å². The molecule has 0 unspecified atom stereocenters. The third kappa shape index (κ3) is 5.57. The minimum atomic E-state index is -3.48. The van der Waals surface area contributed by atoms with E-state index < -0.39 is 16.1 Å². The Morgan fingerprint density at radius 1 is 1.08 bits per heavy atom. The van der Waals surface area contributed by atoms with Crippen molar-refractivity contribution in [3.8, 4) is 5.75 Å². The Bertz CT molecular complexity index is 857. The highest BCUT2D eigenvalue weighted by Gasteiger charge is 2.20. The summed E-state index contributed by atoms with van der Waals surface area (Å²) in [5, 5.41) is 2.89. The molecule has 140 valence electrons. The first-order valence-corrected chi connectivity index (χ1v) is 10.1. The molecule has 0 aliphatic rings. The zero-order valence-corrected chi connectivity index (χ0v) is 16.2. The molecule has 2 aromatic carbocycles. The summed E-state index contributed by atoms with van der Waals surface area (Å²) in [6.45, 7) is 3.83. The number of aryl methyl sites for hydroxylation is 2. The maximum absolute atomic E-state index is 12.5. The molecule has 7 heteroatoms. The molecule has 0 radical (unpaired) electrons. The van der Waals surface area contributed by atoms with Crippen molar-refractivity contribution in [1.29, 1.82) is 0 Å². The zero-order valence-electron chi connectivity index (χ0n) is 15.4. The average molecular weight is 376 g/mol. The molecule has 0 saturated carbocycles. The maximum atomic E-state index is 12.5. The van der Waals surface area contributed by atoms with Gasteiger partial charge in [-0.25, -0.2) is 13.1 Å². The number of anilines is 1. The second-order valence-corrected chi connectivity index (χ2v) is 8.01. The fraction of sp³-hybridized carbons (Fsp3) is 0.316. The number of hydrogen-bond donors (Lipinski definition) is 2. The van der Waals surface area contributed by atoms with Gasteiger partial charge in [-0.3, -0.25) is 4.79 Å². The molecule has 0 spiro atoms. The van der Waals surface area contributed by atoms with E-state index in [4.69, 9.17) is 4.74 Å². The number of para-hydroxylation sites is 1. The topological polar surface area (TPSA) is 84.5 Å². The monoisotopic (exact) mass is 376 g/mol. The first kappa shape index (κ1) is 19.9. The van der Waals surface area contributed by atoms with E-state index in [1.807, 2.05) is 32.0 Å². The number of hydrogen-bond acceptors (Lipinski definition) is 4. The predicted molar refractivity (Wildman–Crippen MR) is 103 cm³/mol. The van der Waals surface area contributed by atoms with Gasteiger partial charge in [0.15, 0.2) is 0 Å². The molecule has 0 fully saturated rings. The molecule has 6 nitrogen and oxygen atoms in total. The number of rotatable bonds is 7. The Balaban J connectivity index is 2.21. The Hall–Kier alpha value is -2.38. The fourth-order valence-corrected chi connectivity index (χ4v) is 3.45. The van der Waals surface area contributed by atoms with Crippen LogP contribution in [0, 0.1) is 13.8 Å². The van der Waals surface area contributed by atoms with Gasteiger partial charge in [-0.05, 0) is 42.7 Å². The largest absolute Gasteiger partial charge is 0.497 e. The Morgan fingerprint density at radius 3 is 2.15 bits per heavy atom. The molecule has 2 N–H and O–H groups in total. The highest BCUT2D eigenvalue weighted by Crippen LogP contribution is 2.24. The van der Waals surface area contributed by atoms with E-state index in [9.17, 15) is 13.2 Å². The van der Waals surface area contributed by atoms with Crippen LogP contribution in [0.15, 0.2) is 42.5 Å². The maximum Gasteiger partial charge on any atom is 0.226 e. The molecule has 0 aliphatic carbocycles. The minimum absolute atomic E-state index is 0.0207. The summed E-state index contributed by atoms with van der Waals surface area (Å²) in [5.74, 6) is 0.395. The van der Waals surface area contributed by atoms with Gasteiger partial charge in [0, 0.05) is 12.1 Å². The van der Waals surface area contributed by atoms with Crippen molar-refractivity contribution in [2.24, 2.45) is 0 Å². The normalized spacial score (nSPS) is 12.5. The van der Waals surface area contributed by atoms with Crippen molar-refractivity contribution >= 4 is 21.6 Å². The van der Waals surface area contributed by atoms with Gasteiger partial charge in [0.25, 0.3) is 0 Å². The van der Waals surface area contributed by atoms with E-state index in [1.165, 1.54) is 0 Å². The van der Waals surface area contributed by atoms with Gasteiger partial charge >= 0.3 is 0 Å². The van der Waals surface area contributed by atoms with E-state index in [0.29, 0.717) is 11.3 Å². The van der Waals surface area contributed by atoms with Crippen LogP contribution in [0.5, 0.6) is 5.75 Å². The quantitative estimate of drug-likeness (QED) is 0.778. The lowest BCUT2D eigenvalue weighted by atomic mass is 10.0. The molecule has 1 amide bonds. The molecular weight excluding hydrogens is 352 g/mol. The van der Waals surface area contributed by atoms with Gasteiger partial charge in [-0.1, -0.05) is 30.3 Å². The van der Waals surface area contributed by atoms with Crippen LogP contribution in [0.4, 0.5) is 5.69 Å². The standard InChI is InChI=1S/C19H24N2O4S/c1-13-6-5-7-14(2)19(13)20-18(22)12-17(21-26(4,23)24)15-8-10-16(25-3)11-9-15/h5-11,17,21H,12H2,1-4H3,(H,20,22)/t17-/m1/s1. The first-order valence-electron chi connectivity index (χ1n) is 8.17. The second kappa shape index (κ2) is 8.33. The molecule has 0 saturated heterocycles. The van der Waals surface area contributed by atoms with Crippen LogP contribution in [0.25, 0.3) is 0 Å². The number of amides is 1. The Morgan fingerprint density at radius 2 is 1.65 bits per heavy atom. The SMILES string of the molecule is COc1ccc([C@@H](CC(=O)Nc2c(C)cccc2C)NS(C)(=O)=O)cc1. The van der Waals surface area contributed by atoms with Crippen molar-refractivity contribution in [2.45, 2.75) is 26.3 Å². The summed E-state index contributed by atoms with van der Waals surface area (Å²) in [7, 11) is -1.93. The molecule has 0 bridgehead atoms. The zero-order chi connectivity index (χ0) is 19.3. The van der Waals surface area contributed by atoms with E-state index in [2.05, 4.69) is 10.0 Å². The molecule has 0 aromatic heterocycles. The van der Waals surface area contributed by atoms with Crippen LogP contribution in [-0.4, -0.2) is 27.7 Å². The summed E-state index contributed by atoms with van der Waals surface area (Å²) in [6.07, 6.45) is 1.06. The van der Waals surface area contributed by atoms with Gasteiger partial charge in [0.2, 0.25) is 15.9 Å². The van der Waals surface area contributed by atoms with Crippen LogP contribution in [0.1, 0.15) is 29.2 Å². The lowest BCUT2D eigenvalue weighted by Crippen LogP contribution is -2.30. The number of ether oxygens (including phenoxy) is 1. The lowest BCUT2D eigenvalue weighted by molar-refractivity contribution is -0.116. The third-order valence-electron chi connectivity index (χ3n) is 4.01. The summed E-state index contributed by atoms with van der Waals surface area (Å²) in [4.78, 5) is 12.5. The molecule has 0 aliphatic heterocycles. The van der Waals surface area contributed by atoms with Crippen LogP contribution < -0.4 is 14.8 Å². The minimum Gasteiger partial charge on any atom is -0.497 e. The van der Waals surface area contributed by atoms with Gasteiger partial charge in [-0.2, -0.15) is 0 Å².